The molecule has 0 atom stereocenters. The topological polar surface area (TPSA) is 53.0 Å². The maximum Gasteiger partial charge on any atom is 0.416 e. The van der Waals surface area contributed by atoms with Crippen molar-refractivity contribution < 1.29 is 14.6 Å². The Kier molecular flexibility index (Phi) is 2.75. The molecule has 102 valence electrons. The molecule has 1 heterocycles. The van der Waals surface area contributed by atoms with E-state index >= 15 is 0 Å². The van der Waals surface area contributed by atoms with Crippen molar-refractivity contribution in [3.8, 4) is 11.5 Å². The summed E-state index contributed by atoms with van der Waals surface area (Å²) in [6.45, 7) is 0. The quantitative estimate of drug-likeness (QED) is 0.859. The van der Waals surface area contributed by atoms with Crippen molar-refractivity contribution in [3.63, 3.8) is 0 Å². The van der Waals surface area contributed by atoms with Gasteiger partial charge in [0.25, 0.3) is 0 Å². The SMILES string of the molecule is CN(C)c1cccc2c1N(C(=O)O)c1ccccc1O2. The summed E-state index contributed by atoms with van der Waals surface area (Å²) in [5.74, 6) is 1.08. The molecule has 0 saturated heterocycles. The van der Waals surface area contributed by atoms with Crippen molar-refractivity contribution in [2.45, 2.75) is 0 Å². The largest absolute Gasteiger partial charge is 0.464 e. The van der Waals surface area contributed by atoms with Crippen molar-refractivity contribution in [2.24, 2.45) is 0 Å². The summed E-state index contributed by atoms with van der Waals surface area (Å²) in [6.07, 6.45) is -1.03. The average molecular weight is 270 g/mol. The summed E-state index contributed by atoms with van der Waals surface area (Å²) >= 11 is 0. The highest BCUT2D eigenvalue weighted by Crippen LogP contribution is 2.50. The monoisotopic (exact) mass is 270 g/mol. The fraction of sp³-hybridized carbons (Fsp3) is 0.133. The Morgan fingerprint density at radius 1 is 1.10 bits per heavy atom. The first-order valence-electron chi connectivity index (χ1n) is 6.20. The number of para-hydroxylation sites is 3. The molecule has 5 heteroatoms. The Bertz CT molecular complexity index is 683. The zero-order valence-corrected chi connectivity index (χ0v) is 11.2. The first-order valence-corrected chi connectivity index (χ1v) is 6.20. The van der Waals surface area contributed by atoms with Gasteiger partial charge in [-0.3, -0.25) is 0 Å². The number of hydrogen-bond acceptors (Lipinski definition) is 3. The minimum Gasteiger partial charge on any atom is -0.464 e. The minimum absolute atomic E-state index is 0.529. The van der Waals surface area contributed by atoms with Gasteiger partial charge in [0.2, 0.25) is 0 Å². The lowest BCUT2D eigenvalue weighted by molar-refractivity contribution is 0.204. The molecule has 0 aliphatic carbocycles. The second kappa shape index (κ2) is 4.45. The van der Waals surface area contributed by atoms with Gasteiger partial charge in [-0.15, -0.1) is 0 Å². The minimum atomic E-state index is -1.03. The molecule has 0 aromatic heterocycles. The van der Waals surface area contributed by atoms with E-state index < -0.39 is 6.09 Å². The van der Waals surface area contributed by atoms with E-state index in [2.05, 4.69) is 0 Å². The number of ether oxygens (including phenoxy) is 1. The molecular formula is C15H14N2O3. The molecule has 20 heavy (non-hydrogen) atoms. The third-order valence-electron chi connectivity index (χ3n) is 3.20. The Labute approximate surface area is 116 Å². The molecule has 2 aromatic rings. The van der Waals surface area contributed by atoms with Crippen LogP contribution >= 0.6 is 0 Å². The predicted molar refractivity (Wildman–Crippen MR) is 77.4 cm³/mol. The van der Waals surface area contributed by atoms with Gasteiger partial charge < -0.3 is 14.7 Å². The molecule has 0 bridgehead atoms. The number of nitrogens with zero attached hydrogens (tertiary/aromatic N) is 2. The first kappa shape index (κ1) is 12.3. The number of amides is 1. The lowest BCUT2D eigenvalue weighted by Gasteiger charge is -2.32. The van der Waals surface area contributed by atoms with E-state index in [1.54, 1.807) is 24.3 Å². The number of hydrogen-bond donors (Lipinski definition) is 1. The second-order valence-corrected chi connectivity index (χ2v) is 4.71. The van der Waals surface area contributed by atoms with Crippen LogP contribution in [-0.2, 0) is 0 Å². The molecule has 1 aliphatic rings. The van der Waals surface area contributed by atoms with E-state index in [1.807, 2.05) is 37.2 Å². The fourth-order valence-corrected chi connectivity index (χ4v) is 2.34. The van der Waals surface area contributed by atoms with Crippen LogP contribution in [0.15, 0.2) is 42.5 Å². The zero-order chi connectivity index (χ0) is 14.3. The number of carboxylic acid groups (broad SMARTS) is 1. The van der Waals surface area contributed by atoms with Gasteiger partial charge in [-0.1, -0.05) is 18.2 Å². The zero-order valence-electron chi connectivity index (χ0n) is 11.2. The Morgan fingerprint density at radius 2 is 1.80 bits per heavy atom. The van der Waals surface area contributed by atoms with Crippen LogP contribution in [0.25, 0.3) is 0 Å². The Balaban J connectivity index is 2.27. The van der Waals surface area contributed by atoms with Crippen LogP contribution in [0.2, 0.25) is 0 Å². The summed E-state index contributed by atoms with van der Waals surface area (Å²) in [4.78, 5) is 14.8. The van der Waals surface area contributed by atoms with E-state index in [1.165, 1.54) is 4.90 Å². The Morgan fingerprint density at radius 3 is 2.50 bits per heavy atom. The predicted octanol–water partition coefficient (Wildman–Crippen LogP) is 3.67. The van der Waals surface area contributed by atoms with Gasteiger partial charge in [0.1, 0.15) is 5.69 Å². The number of rotatable bonds is 1. The number of fused-ring (bicyclic) bond motifs is 2. The van der Waals surface area contributed by atoms with Crippen molar-refractivity contribution >= 4 is 23.2 Å². The van der Waals surface area contributed by atoms with E-state index in [4.69, 9.17) is 4.74 Å². The average Bonchev–Trinajstić information content (AvgIpc) is 2.43. The fourth-order valence-electron chi connectivity index (χ4n) is 2.34. The van der Waals surface area contributed by atoms with Crippen molar-refractivity contribution in [2.75, 3.05) is 23.9 Å². The van der Waals surface area contributed by atoms with Gasteiger partial charge >= 0.3 is 6.09 Å². The number of benzene rings is 2. The normalized spacial score (nSPS) is 12.2. The van der Waals surface area contributed by atoms with Gasteiger partial charge in [-0.25, -0.2) is 9.69 Å². The molecule has 0 radical (unpaired) electrons. The molecule has 3 rings (SSSR count). The molecule has 1 amide bonds. The number of anilines is 3. The first-order chi connectivity index (χ1) is 9.59. The summed E-state index contributed by atoms with van der Waals surface area (Å²) in [5.41, 5.74) is 1.87. The molecule has 0 unspecified atom stereocenters. The standard InChI is InChI=1S/C15H14N2O3/c1-16(2)11-7-5-9-13-14(11)17(15(18)19)10-6-3-4-8-12(10)20-13/h3-9H,1-2H3,(H,18,19). The third-order valence-corrected chi connectivity index (χ3v) is 3.20. The highest BCUT2D eigenvalue weighted by molar-refractivity contribution is 6.03. The molecule has 0 spiro atoms. The van der Waals surface area contributed by atoms with Crippen LogP contribution in [0.1, 0.15) is 0 Å². The molecule has 2 aromatic carbocycles. The lowest BCUT2D eigenvalue weighted by atomic mass is 10.1. The highest BCUT2D eigenvalue weighted by Gasteiger charge is 2.31. The Hall–Kier alpha value is -2.69. The molecule has 0 saturated carbocycles. The maximum atomic E-state index is 11.7. The van der Waals surface area contributed by atoms with Crippen LogP contribution in [0.4, 0.5) is 21.9 Å². The number of carbonyl (C=O) groups is 1. The van der Waals surface area contributed by atoms with E-state index in [9.17, 15) is 9.90 Å². The van der Waals surface area contributed by atoms with Crippen molar-refractivity contribution in [1.82, 2.24) is 0 Å². The van der Waals surface area contributed by atoms with Crippen molar-refractivity contribution in [3.05, 3.63) is 42.5 Å². The van der Waals surface area contributed by atoms with Gasteiger partial charge in [0.15, 0.2) is 11.5 Å². The van der Waals surface area contributed by atoms with Gasteiger partial charge in [0, 0.05) is 14.1 Å². The van der Waals surface area contributed by atoms with Gasteiger partial charge in [-0.05, 0) is 24.3 Å². The molecule has 5 nitrogen and oxygen atoms in total. The van der Waals surface area contributed by atoms with Crippen LogP contribution in [-0.4, -0.2) is 25.3 Å². The lowest BCUT2D eigenvalue weighted by Crippen LogP contribution is -2.28. The smallest absolute Gasteiger partial charge is 0.416 e. The summed E-state index contributed by atoms with van der Waals surface area (Å²) in [7, 11) is 3.74. The van der Waals surface area contributed by atoms with Gasteiger partial charge in [-0.2, -0.15) is 0 Å². The van der Waals surface area contributed by atoms with E-state index in [0.29, 0.717) is 22.9 Å². The van der Waals surface area contributed by atoms with Gasteiger partial charge in [0.05, 0.1) is 11.4 Å². The molecule has 1 aliphatic heterocycles. The third kappa shape index (κ3) is 1.75. The summed E-state index contributed by atoms with van der Waals surface area (Å²) in [6, 6.07) is 12.6. The molecular weight excluding hydrogens is 256 g/mol. The van der Waals surface area contributed by atoms with Crippen LogP contribution in [0, 0.1) is 0 Å². The van der Waals surface area contributed by atoms with Crippen molar-refractivity contribution in [1.29, 1.82) is 0 Å². The summed E-state index contributed by atoms with van der Waals surface area (Å²) in [5, 5.41) is 9.59. The highest BCUT2D eigenvalue weighted by atomic mass is 16.5. The second-order valence-electron chi connectivity index (χ2n) is 4.71. The summed E-state index contributed by atoms with van der Waals surface area (Å²) < 4.78 is 5.82. The van der Waals surface area contributed by atoms with Crippen LogP contribution in [0.3, 0.4) is 0 Å². The molecule has 0 fully saturated rings. The van der Waals surface area contributed by atoms with E-state index in [0.717, 1.165) is 5.69 Å². The maximum absolute atomic E-state index is 11.7. The van der Waals surface area contributed by atoms with Crippen LogP contribution < -0.4 is 14.5 Å². The molecule has 1 N–H and O–H groups in total. The van der Waals surface area contributed by atoms with Crippen LogP contribution in [0.5, 0.6) is 11.5 Å². The van der Waals surface area contributed by atoms with E-state index in [-0.39, 0.29) is 0 Å².